The monoisotopic (exact) mass is 374 g/mol. The Labute approximate surface area is 141 Å². The summed E-state index contributed by atoms with van der Waals surface area (Å²) < 4.78 is 0.962. The number of aromatic nitrogens is 3. The third-order valence-corrected chi connectivity index (χ3v) is 5.46. The van der Waals surface area contributed by atoms with Gasteiger partial charge in [0.1, 0.15) is 5.52 Å². The molecule has 0 spiro atoms. The number of nitrogens with zero attached hydrogens (tertiary/aromatic N) is 4. The molecule has 1 atom stereocenters. The van der Waals surface area contributed by atoms with Crippen LogP contribution in [-0.2, 0) is 0 Å². The molecule has 4 heterocycles. The smallest absolute Gasteiger partial charge is 0.112 e. The minimum Gasteiger partial charge on any atom is -0.369 e. The van der Waals surface area contributed by atoms with Crippen LogP contribution in [0.5, 0.6) is 0 Å². The van der Waals surface area contributed by atoms with Gasteiger partial charge in [0.05, 0.1) is 16.2 Å². The van der Waals surface area contributed by atoms with Crippen LogP contribution in [-0.4, -0.2) is 28.0 Å². The number of anilines is 1. The summed E-state index contributed by atoms with van der Waals surface area (Å²) in [6.07, 6.45) is 8.02. The van der Waals surface area contributed by atoms with Crippen molar-refractivity contribution >= 4 is 44.0 Å². The summed E-state index contributed by atoms with van der Waals surface area (Å²) in [6.45, 7) is 2.07. The maximum atomic E-state index is 4.58. The van der Waals surface area contributed by atoms with E-state index < -0.39 is 0 Å². The molecule has 1 saturated heterocycles. The molecule has 0 saturated carbocycles. The molecule has 22 heavy (non-hydrogen) atoms. The van der Waals surface area contributed by atoms with Gasteiger partial charge in [-0.2, -0.15) is 0 Å². The standard InChI is InChI=1S/C16H15BrN4S/c17-12-8-13-15(20-9-12)14(3-4-18-13)21-6-1-2-11(10-21)16-19-5-7-22-16/h3-5,7-9,11H,1-2,6,10H2. The van der Waals surface area contributed by atoms with Crippen molar-refractivity contribution in [3.63, 3.8) is 0 Å². The number of thiazole rings is 1. The highest BCUT2D eigenvalue weighted by atomic mass is 79.9. The average Bonchev–Trinajstić information content (AvgIpc) is 3.08. The van der Waals surface area contributed by atoms with Gasteiger partial charge in [-0.15, -0.1) is 11.3 Å². The third-order valence-electron chi connectivity index (χ3n) is 4.09. The first-order valence-electron chi connectivity index (χ1n) is 7.36. The quantitative estimate of drug-likeness (QED) is 0.672. The lowest BCUT2D eigenvalue weighted by Crippen LogP contribution is -2.34. The average molecular weight is 375 g/mol. The minimum atomic E-state index is 0.521. The van der Waals surface area contributed by atoms with Gasteiger partial charge in [0.15, 0.2) is 0 Å². The number of hydrogen-bond acceptors (Lipinski definition) is 5. The first-order valence-corrected chi connectivity index (χ1v) is 9.03. The van der Waals surface area contributed by atoms with Crippen molar-refractivity contribution in [1.29, 1.82) is 0 Å². The maximum absolute atomic E-state index is 4.58. The topological polar surface area (TPSA) is 41.9 Å². The number of pyridine rings is 2. The zero-order chi connectivity index (χ0) is 14.9. The van der Waals surface area contributed by atoms with Gasteiger partial charge in [-0.3, -0.25) is 9.97 Å². The Morgan fingerprint density at radius 3 is 3.05 bits per heavy atom. The van der Waals surface area contributed by atoms with E-state index in [-0.39, 0.29) is 0 Å². The lowest BCUT2D eigenvalue weighted by Gasteiger charge is -2.33. The predicted molar refractivity (Wildman–Crippen MR) is 93.5 cm³/mol. The predicted octanol–water partition coefficient (Wildman–Crippen LogP) is 4.23. The second-order valence-corrected chi connectivity index (χ2v) is 7.35. The summed E-state index contributed by atoms with van der Waals surface area (Å²) in [5.41, 5.74) is 3.09. The summed E-state index contributed by atoms with van der Waals surface area (Å²) in [5.74, 6) is 0.521. The highest BCUT2D eigenvalue weighted by Crippen LogP contribution is 2.33. The number of halogens is 1. The second kappa shape index (κ2) is 5.93. The lowest BCUT2D eigenvalue weighted by atomic mass is 9.98. The van der Waals surface area contributed by atoms with Gasteiger partial charge in [0.25, 0.3) is 0 Å². The Bertz CT molecular complexity index is 790. The molecule has 1 aliphatic heterocycles. The SMILES string of the molecule is Brc1cnc2c(N3CCCC(c4nccs4)C3)ccnc2c1. The van der Waals surface area contributed by atoms with Gasteiger partial charge in [-0.05, 0) is 40.9 Å². The minimum absolute atomic E-state index is 0.521. The first kappa shape index (κ1) is 14.1. The van der Waals surface area contributed by atoms with Crippen LogP contribution in [0, 0.1) is 0 Å². The number of hydrogen-bond donors (Lipinski definition) is 0. The summed E-state index contributed by atoms with van der Waals surface area (Å²) in [5, 5.41) is 3.31. The molecule has 0 aliphatic carbocycles. The molecule has 4 rings (SSSR count). The largest absolute Gasteiger partial charge is 0.369 e. The van der Waals surface area contributed by atoms with E-state index in [0.717, 1.165) is 28.6 Å². The van der Waals surface area contributed by atoms with Crippen molar-refractivity contribution in [3.05, 3.63) is 45.6 Å². The van der Waals surface area contributed by atoms with Gasteiger partial charge < -0.3 is 4.90 Å². The van der Waals surface area contributed by atoms with Gasteiger partial charge in [-0.1, -0.05) is 0 Å². The molecule has 1 aliphatic rings. The van der Waals surface area contributed by atoms with Crippen molar-refractivity contribution in [1.82, 2.24) is 15.0 Å². The molecule has 0 N–H and O–H groups in total. The fraction of sp³-hybridized carbons (Fsp3) is 0.312. The molecule has 112 valence electrons. The van der Waals surface area contributed by atoms with E-state index in [1.54, 1.807) is 11.3 Å². The summed E-state index contributed by atoms with van der Waals surface area (Å²) in [4.78, 5) is 15.9. The number of piperidine rings is 1. The van der Waals surface area contributed by atoms with Crippen LogP contribution in [0.3, 0.4) is 0 Å². The highest BCUT2D eigenvalue weighted by Gasteiger charge is 2.24. The Morgan fingerprint density at radius 1 is 1.23 bits per heavy atom. The molecule has 0 amide bonds. The van der Waals surface area contributed by atoms with E-state index in [2.05, 4.69) is 47.2 Å². The van der Waals surface area contributed by atoms with Gasteiger partial charge in [0.2, 0.25) is 0 Å². The zero-order valence-electron chi connectivity index (χ0n) is 11.9. The molecular formula is C16H15BrN4S. The summed E-state index contributed by atoms with van der Waals surface area (Å²) >= 11 is 5.23. The fourth-order valence-electron chi connectivity index (χ4n) is 3.08. The molecule has 1 unspecified atom stereocenters. The molecule has 4 nitrogen and oxygen atoms in total. The van der Waals surface area contributed by atoms with Crippen LogP contribution in [0.4, 0.5) is 5.69 Å². The third kappa shape index (κ3) is 2.61. The van der Waals surface area contributed by atoms with Crippen LogP contribution >= 0.6 is 27.3 Å². The van der Waals surface area contributed by atoms with Crippen molar-refractivity contribution in [3.8, 4) is 0 Å². The normalized spacial score (nSPS) is 18.8. The van der Waals surface area contributed by atoms with Gasteiger partial charge in [-0.25, -0.2) is 4.98 Å². The maximum Gasteiger partial charge on any atom is 0.112 e. The molecule has 0 radical (unpaired) electrons. The van der Waals surface area contributed by atoms with Crippen LogP contribution in [0.25, 0.3) is 11.0 Å². The molecule has 1 fully saturated rings. The van der Waals surface area contributed by atoms with Crippen molar-refractivity contribution < 1.29 is 0 Å². The molecule has 6 heteroatoms. The van der Waals surface area contributed by atoms with Crippen molar-refractivity contribution in [2.24, 2.45) is 0 Å². The summed E-state index contributed by atoms with van der Waals surface area (Å²) in [6, 6.07) is 4.10. The van der Waals surface area contributed by atoms with Crippen molar-refractivity contribution in [2.75, 3.05) is 18.0 Å². The van der Waals surface area contributed by atoms with E-state index >= 15 is 0 Å². The molecule has 0 bridgehead atoms. The Hall–Kier alpha value is -1.53. The number of fused-ring (bicyclic) bond motifs is 1. The zero-order valence-corrected chi connectivity index (χ0v) is 14.3. The van der Waals surface area contributed by atoms with Crippen LogP contribution < -0.4 is 4.90 Å². The van der Waals surface area contributed by atoms with E-state index in [1.165, 1.54) is 23.5 Å². The highest BCUT2D eigenvalue weighted by molar-refractivity contribution is 9.10. The second-order valence-electron chi connectivity index (χ2n) is 5.51. The molecule has 3 aromatic rings. The van der Waals surface area contributed by atoms with Gasteiger partial charge >= 0.3 is 0 Å². The number of rotatable bonds is 2. The van der Waals surface area contributed by atoms with E-state index in [1.807, 2.05) is 24.7 Å². The van der Waals surface area contributed by atoms with Crippen LogP contribution in [0.15, 0.2) is 40.6 Å². The van der Waals surface area contributed by atoms with Crippen molar-refractivity contribution in [2.45, 2.75) is 18.8 Å². The molecular weight excluding hydrogens is 360 g/mol. The Balaban J connectivity index is 1.69. The molecule has 3 aromatic heterocycles. The van der Waals surface area contributed by atoms with E-state index in [4.69, 9.17) is 0 Å². The lowest BCUT2D eigenvalue weighted by molar-refractivity contribution is 0.509. The van der Waals surface area contributed by atoms with Crippen LogP contribution in [0.2, 0.25) is 0 Å². The summed E-state index contributed by atoms with van der Waals surface area (Å²) in [7, 11) is 0. The van der Waals surface area contributed by atoms with Gasteiger partial charge in [0, 0.05) is 47.5 Å². The van der Waals surface area contributed by atoms with E-state index in [9.17, 15) is 0 Å². The Morgan fingerprint density at radius 2 is 2.18 bits per heavy atom. The fourth-order valence-corrected chi connectivity index (χ4v) is 4.17. The molecule has 0 aromatic carbocycles. The van der Waals surface area contributed by atoms with E-state index in [0.29, 0.717) is 5.92 Å². The first-order chi connectivity index (χ1) is 10.8. The van der Waals surface area contributed by atoms with Crippen LogP contribution in [0.1, 0.15) is 23.8 Å². The Kier molecular flexibility index (Phi) is 3.80.